The number of carbonyl (C=O) groups excluding carboxylic acids is 2. The smallest absolute Gasteiger partial charge is 0.276 e. The van der Waals surface area contributed by atoms with Crippen molar-refractivity contribution in [3.63, 3.8) is 0 Å². The maximum atomic E-state index is 12.6. The van der Waals surface area contributed by atoms with Crippen LogP contribution in [0, 0.1) is 0 Å². The molecule has 0 bridgehead atoms. The minimum absolute atomic E-state index is 0.0393. The fourth-order valence-corrected chi connectivity index (χ4v) is 4.33. The number of amides is 2. The van der Waals surface area contributed by atoms with Crippen molar-refractivity contribution in [1.82, 2.24) is 25.2 Å². The van der Waals surface area contributed by atoms with E-state index < -0.39 is 6.10 Å². The van der Waals surface area contributed by atoms with Gasteiger partial charge in [-0.15, -0.1) is 5.10 Å². The molecule has 8 heteroatoms. The molecule has 1 atom stereocenters. The minimum atomic E-state index is -0.441. The van der Waals surface area contributed by atoms with Gasteiger partial charge < -0.3 is 15.0 Å². The highest BCUT2D eigenvalue weighted by Gasteiger charge is 2.32. The topological polar surface area (TPSA) is 89.4 Å². The Morgan fingerprint density at radius 2 is 1.90 bits per heavy atom. The first-order chi connectivity index (χ1) is 14.6. The summed E-state index contributed by atoms with van der Waals surface area (Å²) in [6.45, 7) is 5.22. The van der Waals surface area contributed by atoms with Gasteiger partial charge in [-0.05, 0) is 51.2 Å². The molecule has 2 aromatic rings. The lowest BCUT2D eigenvalue weighted by Gasteiger charge is -2.29. The summed E-state index contributed by atoms with van der Waals surface area (Å²) in [6.07, 6.45) is 5.46. The van der Waals surface area contributed by atoms with Crippen molar-refractivity contribution in [2.45, 2.75) is 64.1 Å². The number of ether oxygens (including phenoxy) is 1. The number of hydrogen-bond acceptors (Lipinski definition) is 5. The Kier molecular flexibility index (Phi) is 6.01. The van der Waals surface area contributed by atoms with Gasteiger partial charge in [-0.25, -0.2) is 4.68 Å². The van der Waals surface area contributed by atoms with Crippen molar-refractivity contribution < 1.29 is 14.3 Å². The Balaban J connectivity index is 1.27. The monoisotopic (exact) mass is 411 g/mol. The molecule has 1 fully saturated rings. The molecule has 2 aliphatic rings. The maximum absolute atomic E-state index is 12.6. The molecule has 1 saturated carbocycles. The van der Waals surface area contributed by atoms with Crippen LogP contribution in [-0.2, 0) is 11.2 Å². The number of nitrogens with zero attached hydrogens (tertiary/aromatic N) is 4. The van der Waals surface area contributed by atoms with Gasteiger partial charge in [-0.3, -0.25) is 9.59 Å². The second kappa shape index (κ2) is 8.85. The lowest BCUT2D eigenvalue weighted by Crippen LogP contribution is -2.44. The quantitative estimate of drug-likeness (QED) is 0.788. The van der Waals surface area contributed by atoms with Crippen molar-refractivity contribution in [3.05, 3.63) is 41.7 Å². The molecule has 8 nitrogen and oxygen atoms in total. The van der Waals surface area contributed by atoms with Crippen LogP contribution >= 0.6 is 0 Å². The first kappa shape index (κ1) is 20.4. The van der Waals surface area contributed by atoms with Crippen LogP contribution in [0.15, 0.2) is 30.5 Å². The summed E-state index contributed by atoms with van der Waals surface area (Å²) in [6, 6.07) is 8.15. The van der Waals surface area contributed by atoms with Crippen LogP contribution < -0.4 is 10.1 Å². The predicted molar refractivity (Wildman–Crippen MR) is 111 cm³/mol. The van der Waals surface area contributed by atoms with Gasteiger partial charge in [0.1, 0.15) is 5.75 Å². The number of hydrogen-bond donors (Lipinski definition) is 1. The fourth-order valence-electron chi connectivity index (χ4n) is 4.33. The number of para-hydroxylation sites is 1. The van der Waals surface area contributed by atoms with E-state index in [-0.39, 0.29) is 23.9 Å². The van der Waals surface area contributed by atoms with Crippen molar-refractivity contribution in [3.8, 4) is 5.75 Å². The third-order valence-electron chi connectivity index (χ3n) is 6.14. The molecule has 1 aromatic heterocycles. The third kappa shape index (κ3) is 4.17. The summed E-state index contributed by atoms with van der Waals surface area (Å²) in [4.78, 5) is 26.8. The molecule has 2 heterocycles. The summed E-state index contributed by atoms with van der Waals surface area (Å²) in [7, 11) is 0. The van der Waals surface area contributed by atoms with Crippen molar-refractivity contribution in [2.75, 3.05) is 13.1 Å². The third-order valence-corrected chi connectivity index (χ3v) is 6.14. The number of fused-ring (bicyclic) bond motifs is 1. The molecule has 2 amide bonds. The maximum Gasteiger partial charge on any atom is 0.276 e. The van der Waals surface area contributed by atoms with E-state index in [4.69, 9.17) is 4.74 Å². The first-order valence-corrected chi connectivity index (χ1v) is 10.8. The molecule has 1 N–H and O–H groups in total. The Morgan fingerprint density at radius 1 is 1.17 bits per heavy atom. The normalized spacial score (nSPS) is 22.8. The summed E-state index contributed by atoms with van der Waals surface area (Å²) in [5.74, 6) is 0.690. The lowest BCUT2D eigenvalue weighted by atomic mass is 9.91. The summed E-state index contributed by atoms with van der Waals surface area (Å²) in [5.41, 5.74) is 1.48. The summed E-state index contributed by atoms with van der Waals surface area (Å²) < 4.78 is 7.60. The van der Waals surface area contributed by atoms with Gasteiger partial charge in [0, 0.05) is 25.6 Å². The number of nitrogens with one attached hydrogen (secondary N) is 1. The molecule has 1 aliphatic heterocycles. The Labute approximate surface area is 176 Å². The van der Waals surface area contributed by atoms with Crippen LogP contribution in [0.3, 0.4) is 0 Å². The molecule has 1 aliphatic carbocycles. The molecule has 4 rings (SSSR count). The van der Waals surface area contributed by atoms with E-state index in [0.29, 0.717) is 25.2 Å². The lowest BCUT2D eigenvalue weighted by molar-refractivity contribution is -0.128. The molecule has 30 heavy (non-hydrogen) atoms. The largest absolute Gasteiger partial charge is 0.480 e. The van der Waals surface area contributed by atoms with E-state index in [9.17, 15) is 9.59 Å². The molecule has 0 unspecified atom stereocenters. The molecule has 0 spiro atoms. The van der Waals surface area contributed by atoms with Gasteiger partial charge in [0.2, 0.25) is 0 Å². The van der Waals surface area contributed by atoms with Crippen LogP contribution in [0.1, 0.15) is 61.6 Å². The Bertz CT molecular complexity index is 875. The highest BCUT2D eigenvalue weighted by atomic mass is 16.5. The van der Waals surface area contributed by atoms with Crippen molar-refractivity contribution in [2.24, 2.45) is 0 Å². The summed E-state index contributed by atoms with van der Waals surface area (Å²) in [5, 5.41) is 11.4. The molecular formula is C22H29N5O3. The van der Waals surface area contributed by atoms with E-state index in [0.717, 1.165) is 37.0 Å². The van der Waals surface area contributed by atoms with Crippen LogP contribution in [-0.4, -0.2) is 56.9 Å². The molecule has 0 saturated heterocycles. The standard InChI is InChI=1S/C22H29N5O3/c1-3-26(4-2)22(29)18-14-27(25-24-18)17-11-9-16(10-12-17)23-21(28)20-13-15-7-5-6-8-19(15)30-20/h5-8,14,16-17,20H,3-4,9-13H2,1-2H3,(H,23,28)/t16?,17?,20-/m0/s1. The number of rotatable bonds is 6. The van der Waals surface area contributed by atoms with Crippen LogP contribution in [0.5, 0.6) is 5.75 Å². The van der Waals surface area contributed by atoms with Gasteiger partial charge in [0.15, 0.2) is 11.8 Å². The zero-order valence-corrected chi connectivity index (χ0v) is 17.6. The molecular weight excluding hydrogens is 382 g/mol. The van der Waals surface area contributed by atoms with E-state index in [1.54, 1.807) is 11.1 Å². The Hall–Kier alpha value is -2.90. The van der Waals surface area contributed by atoms with Gasteiger partial charge in [-0.1, -0.05) is 23.4 Å². The number of carbonyl (C=O) groups is 2. The van der Waals surface area contributed by atoms with Gasteiger partial charge in [0.05, 0.1) is 12.2 Å². The van der Waals surface area contributed by atoms with E-state index in [2.05, 4.69) is 15.6 Å². The second-order valence-corrected chi connectivity index (χ2v) is 7.99. The first-order valence-electron chi connectivity index (χ1n) is 10.8. The predicted octanol–water partition coefficient (Wildman–Crippen LogP) is 2.36. The average Bonchev–Trinajstić information content (AvgIpc) is 3.42. The minimum Gasteiger partial charge on any atom is -0.480 e. The Morgan fingerprint density at radius 3 is 2.60 bits per heavy atom. The molecule has 160 valence electrons. The van der Waals surface area contributed by atoms with E-state index in [1.807, 2.05) is 42.8 Å². The fraction of sp³-hybridized carbons (Fsp3) is 0.545. The van der Waals surface area contributed by atoms with Gasteiger partial charge in [0.25, 0.3) is 11.8 Å². The zero-order chi connectivity index (χ0) is 21.1. The zero-order valence-electron chi connectivity index (χ0n) is 17.6. The van der Waals surface area contributed by atoms with Crippen molar-refractivity contribution in [1.29, 1.82) is 0 Å². The SMILES string of the molecule is CCN(CC)C(=O)c1cn(C2CCC(NC(=O)[C@@H]3Cc4ccccc4O3)CC2)nn1. The highest BCUT2D eigenvalue weighted by Crippen LogP contribution is 2.30. The van der Waals surface area contributed by atoms with Crippen LogP contribution in [0.4, 0.5) is 0 Å². The van der Waals surface area contributed by atoms with Crippen LogP contribution in [0.2, 0.25) is 0 Å². The summed E-state index contributed by atoms with van der Waals surface area (Å²) >= 11 is 0. The number of benzene rings is 1. The second-order valence-electron chi connectivity index (χ2n) is 7.99. The van der Waals surface area contributed by atoms with Gasteiger partial charge in [-0.2, -0.15) is 0 Å². The molecule has 1 aromatic carbocycles. The van der Waals surface area contributed by atoms with E-state index >= 15 is 0 Å². The average molecular weight is 412 g/mol. The number of aromatic nitrogens is 3. The van der Waals surface area contributed by atoms with Crippen molar-refractivity contribution >= 4 is 11.8 Å². The van der Waals surface area contributed by atoms with Gasteiger partial charge >= 0.3 is 0 Å². The van der Waals surface area contributed by atoms with E-state index in [1.165, 1.54) is 0 Å². The van der Waals surface area contributed by atoms with Crippen LogP contribution in [0.25, 0.3) is 0 Å². The molecule has 0 radical (unpaired) electrons. The highest BCUT2D eigenvalue weighted by molar-refractivity contribution is 5.91.